The van der Waals surface area contributed by atoms with Crippen LogP contribution in [0.5, 0.6) is 0 Å². The Hall–Kier alpha value is -1.55. The Kier molecular flexibility index (Phi) is 2.29. The van der Waals surface area contributed by atoms with Gasteiger partial charge in [0.1, 0.15) is 0 Å². The summed E-state index contributed by atoms with van der Waals surface area (Å²) in [4.78, 5) is 7.48. The second-order valence-corrected chi connectivity index (χ2v) is 4.39. The first kappa shape index (κ1) is 9.66. The van der Waals surface area contributed by atoms with E-state index in [1.807, 2.05) is 6.07 Å². The van der Waals surface area contributed by atoms with Gasteiger partial charge in [-0.25, -0.2) is 4.98 Å². The number of aromatic nitrogens is 2. The minimum Gasteiger partial charge on any atom is -0.369 e. The maximum Gasteiger partial charge on any atom is 0.198 e. The van der Waals surface area contributed by atoms with E-state index in [1.54, 1.807) is 0 Å². The van der Waals surface area contributed by atoms with Gasteiger partial charge in [0, 0.05) is 0 Å². The van der Waals surface area contributed by atoms with Gasteiger partial charge in [0.05, 0.1) is 11.0 Å². The molecule has 0 atom stereocenters. The Morgan fingerprint density at radius 2 is 2.06 bits per heavy atom. The fourth-order valence-electron chi connectivity index (χ4n) is 2.54. The number of nitrogens with two attached hydrogens (primary N) is 1. The molecule has 2 heterocycles. The number of rotatable bonds is 1. The Morgan fingerprint density at radius 1 is 1.25 bits per heavy atom. The zero-order valence-electron chi connectivity index (χ0n) is 9.16. The van der Waals surface area contributed by atoms with Crippen molar-refractivity contribution in [3.8, 4) is 0 Å². The van der Waals surface area contributed by atoms with E-state index in [2.05, 4.69) is 27.4 Å². The molecule has 3 rings (SSSR count). The molecular formula is C12H16N4. The third kappa shape index (κ3) is 1.55. The number of nitrogens with zero attached hydrogens (tertiary/aromatic N) is 1. The lowest BCUT2D eigenvalue weighted by Crippen LogP contribution is -2.26. The summed E-state index contributed by atoms with van der Waals surface area (Å²) in [5.74, 6) is 1.13. The standard InChI is InChI=1S/C12H16N4/c13-12-15-10-3-1-2-9(11(10)16-12)8-4-6-14-7-5-8/h1-3,8,14H,4-7H2,(H3,13,15,16). The number of hydrogen-bond acceptors (Lipinski definition) is 3. The molecule has 1 aliphatic rings. The summed E-state index contributed by atoms with van der Waals surface area (Å²) in [6.45, 7) is 2.20. The van der Waals surface area contributed by atoms with E-state index in [-0.39, 0.29) is 0 Å². The van der Waals surface area contributed by atoms with Crippen LogP contribution in [0.3, 0.4) is 0 Å². The number of nitrogens with one attached hydrogen (secondary N) is 2. The summed E-state index contributed by atoms with van der Waals surface area (Å²) >= 11 is 0. The third-order valence-electron chi connectivity index (χ3n) is 3.34. The molecule has 0 unspecified atom stereocenters. The third-order valence-corrected chi connectivity index (χ3v) is 3.34. The molecule has 0 bridgehead atoms. The van der Waals surface area contributed by atoms with Crippen molar-refractivity contribution < 1.29 is 0 Å². The monoisotopic (exact) mass is 216 g/mol. The molecule has 0 spiro atoms. The van der Waals surface area contributed by atoms with Crippen molar-refractivity contribution in [3.63, 3.8) is 0 Å². The summed E-state index contributed by atoms with van der Waals surface area (Å²) in [6, 6.07) is 6.29. The average molecular weight is 216 g/mol. The number of piperidine rings is 1. The van der Waals surface area contributed by atoms with Crippen LogP contribution in [0.15, 0.2) is 18.2 Å². The highest BCUT2D eigenvalue weighted by atomic mass is 15.0. The largest absolute Gasteiger partial charge is 0.369 e. The number of H-pyrrole nitrogens is 1. The number of nitrogen functional groups attached to an aromatic ring is 1. The van der Waals surface area contributed by atoms with Crippen molar-refractivity contribution in [1.29, 1.82) is 0 Å². The molecule has 2 aromatic rings. The van der Waals surface area contributed by atoms with Crippen LogP contribution in [0.4, 0.5) is 5.95 Å². The molecule has 4 nitrogen and oxygen atoms in total. The van der Waals surface area contributed by atoms with Gasteiger partial charge in [-0.3, -0.25) is 0 Å². The van der Waals surface area contributed by atoms with Crippen LogP contribution in [-0.2, 0) is 0 Å². The number of benzene rings is 1. The lowest BCUT2D eigenvalue weighted by Gasteiger charge is -2.23. The molecule has 1 saturated heterocycles. The van der Waals surface area contributed by atoms with Crippen molar-refractivity contribution in [1.82, 2.24) is 15.3 Å². The number of fused-ring (bicyclic) bond motifs is 1. The molecule has 0 saturated carbocycles. The van der Waals surface area contributed by atoms with Crippen LogP contribution in [0.25, 0.3) is 11.0 Å². The molecule has 0 radical (unpaired) electrons. The minimum absolute atomic E-state index is 0.511. The van der Waals surface area contributed by atoms with Crippen LogP contribution in [0, 0.1) is 0 Å². The molecule has 1 aromatic heterocycles. The summed E-state index contributed by atoms with van der Waals surface area (Å²) in [5, 5.41) is 3.38. The molecule has 1 aromatic carbocycles. The summed E-state index contributed by atoms with van der Waals surface area (Å²) in [5.41, 5.74) is 9.15. The Morgan fingerprint density at radius 3 is 2.88 bits per heavy atom. The first-order chi connectivity index (χ1) is 7.84. The summed E-state index contributed by atoms with van der Waals surface area (Å²) in [6.07, 6.45) is 2.37. The Bertz CT molecular complexity index is 497. The predicted octanol–water partition coefficient (Wildman–Crippen LogP) is 1.61. The topological polar surface area (TPSA) is 66.7 Å². The van der Waals surface area contributed by atoms with E-state index in [9.17, 15) is 0 Å². The number of para-hydroxylation sites is 1. The van der Waals surface area contributed by atoms with Crippen LogP contribution in [0.1, 0.15) is 24.3 Å². The fraction of sp³-hybridized carbons (Fsp3) is 0.417. The second-order valence-electron chi connectivity index (χ2n) is 4.39. The molecule has 1 aliphatic heterocycles. The van der Waals surface area contributed by atoms with Gasteiger partial charge in [-0.05, 0) is 43.5 Å². The highest BCUT2D eigenvalue weighted by Crippen LogP contribution is 2.30. The molecule has 1 fully saturated rings. The first-order valence-corrected chi connectivity index (χ1v) is 5.79. The van der Waals surface area contributed by atoms with Gasteiger partial charge in [-0.15, -0.1) is 0 Å². The van der Waals surface area contributed by atoms with Crippen LogP contribution < -0.4 is 11.1 Å². The summed E-state index contributed by atoms with van der Waals surface area (Å²) in [7, 11) is 0. The molecule has 4 N–H and O–H groups in total. The summed E-state index contributed by atoms with van der Waals surface area (Å²) < 4.78 is 0. The lowest BCUT2D eigenvalue weighted by molar-refractivity contribution is 0.462. The van der Waals surface area contributed by atoms with Gasteiger partial charge in [0.25, 0.3) is 0 Å². The van der Waals surface area contributed by atoms with Gasteiger partial charge in [-0.2, -0.15) is 0 Å². The SMILES string of the molecule is Nc1nc2c(C3CCNCC3)cccc2[nH]1. The van der Waals surface area contributed by atoms with Crippen molar-refractivity contribution >= 4 is 17.0 Å². The van der Waals surface area contributed by atoms with Gasteiger partial charge in [0.15, 0.2) is 5.95 Å². The van der Waals surface area contributed by atoms with Crippen molar-refractivity contribution in [2.75, 3.05) is 18.8 Å². The molecule has 84 valence electrons. The van der Waals surface area contributed by atoms with Crippen molar-refractivity contribution in [2.24, 2.45) is 0 Å². The molecular weight excluding hydrogens is 200 g/mol. The Labute approximate surface area is 94.3 Å². The van der Waals surface area contributed by atoms with Gasteiger partial charge < -0.3 is 16.0 Å². The van der Waals surface area contributed by atoms with Crippen LogP contribution in [-0.4, -0.2) is 23.1 Å². The van der Waals surface area contributed by atoms with Crippen molar-refractivity contribution in [3.05, 3.63) is 23.8 Å². The smallest absolute Gasteiger partial charge is 0.198 e. The number of imidazole rings is 1. The number of hydrogen-bond donors (Lipinski definition) is 3. The molecule has 16 heavy (non-hydrogen) atoms. The van der Waals surface area contributed by atoms with Gasteiger partial charge in [0.2, 0.25) is 0 Å². The first-order valence-electron chi connectivity index (χ1n) is 5.79. The quantitative estimate of drug-likeness (QED) is 0.678. The number of aromatic amines is 1. The maximum absolute atomic E-state index is 5.71. The lowest BCUT2D eigenvalue weighted by atomic mass is 9.89. The second kappa shape index (κ2) is 3.79. The molecule has 0 amide bonds. The zero-order chi connectivity index (χ0) is 11.0. The number of anilines is 1. The van der Waals surface area contributed by atoms with Crippen LogP contribution in [0.2, 0.25) is 0 Å². The highest BCUT2D eigenvalue weighted by Gasteiger charge is 2.18. The van der Waals surface area contributed by atoms with Gasteiger partial charge >= 0.3 is 0 Å². The van der Waals surface area contributed by atoms with E-state index >= 15 is 0 Å². The van der Waals surface area contributed by atoms with E-state index < -0.39 is 0 Å². The van der Waals surface area contributed by atoms with E-state index in [0.717, 1.165) is 24.1 Å². The van der Waals surface area contributed by atoms with Crippen LogP contribution >= 0.6 is 0 Å². The molecule has 0 aliphatic carbocycles. The Balaban J connectivity index is 2.07. The van der Waals surface area contributed by atoms with Gasteiger partial charge in [-0.1, -0.05) is 12.1 Å². The maximum atomic E-state index is 5.71. The van der Waals surface area contributed by atoms with Crippen molar-refractivity contribution in [2.45, 2.75) is 18.8 Å². The average Bonchev–Trinajstić information content (AvgIpc) is 2.70. The zero-order valence-corrected chi connectivity index (χ0v) is 9.16. The van der Waals surface area contributed by atoms with E-state index in [1.165, 1.54) is 18.4 Å². The van der Waals surface area contributed by atoms with E-state index in [0.29, 0.717) is 11.9 Å². The molecule has 4 heteroatoms. The minimum atomic E-state index is 0.511. The highest BCUT2D eigenvalue weighted by molar-refractivity contribution is 5.81. The van der Waals surface area contributed by atoms with E-state index in [4.69, 9.17) is 5.73 Å². The normalized spacial score (nSPS) is 18.0. The predicted molar refractivity (Wildman–Crippen MR) is 65.4 cm³/mol. The fourth-order valence-corrected chi connectivity index (χ4v) is 2.54.